The molecule has 1 fully saturated rings. The van der Waals surface area contributed by atoms with E-state index in [0.29, 0.717) is 17.9 Å². The Morgan fingerprint density at radius 2 is 1.83 bits per heavy atom. The van der Waals surface area contributed by atoms with Crippen molar-refractivity contribution in [1.82, 2.24) is 5.32 Å². The molecular formula is C16H25NO. The summed E-state index contributed by atoms with van der Waals surface area (Å²) in [6.07, 6.45) is 2.40. The average molecular weight is 247 g/mol. The van der Waals surface area contributed by atoms with Crippen LogP contribution in [0.1, 0.15) is 43.7 Å². The molecule has 1 unspecified atom stereocenters. The molecule has 1 aromatic rings. The molecule has 0 bridgehead atoms. The summed E-state index contributed by atoms with van der Waals surface area (Å²) in [7, 11) is 0. The van der Waals surface area contributed by atoms with Crippen molar-refractivity contribution in [3.8, 4) is 0 Å². The van der Waals surface area contributed by atoms with E-state index in [-0.39, 0.29) is 12.6 Å². The van der Waals surface area contributed by atoms with Crippen LogP contribution in [0.4, 0.5) is 0 Å². The van der Waals surface area contributed by atoms with E-state index in [0.717, 1.165) is 0 Å². The molecule has 2 N–H and O–H groups in total. The third-order valence-corrected chi connectivity index (χ3v) is 4.14. The first-order chi connectivity index (χ1) is 8.60. The van der Waals surface area contributed by atoms with Gasteiger partial charge in [-0.05, 0) is 37.2 Å². The molecule has 0 heterocycles. The Kier molecular flexibility index (Phi) is 4.41. The number of rotatable bonds is 5. The van der Waals surface area contributed by atoms with E-state index in [2.05, 4.69) is 50.4 Å². The van der Waals surface area contributed by atoms with Crippen LogP contribution in [0.2, 0.25) is 0 Å². The van der Waals surface area contributed by atoms with E-state index >= 15 is 0 Å². The lowest BCUT2D eigenvalue weighted by Crippen LogP contribution is -2.49. The van der Waals surface area contributed by atoms with E-state index in [1.165, 1.54) is 24.0 Å². The molecule has 2 rings (SSSR count). The van der Waals surface area contributed by atoms with Crippen LogP contribution >= 0.6 is 0 Å². The summed E-state index contributed by atoms with van der Waals surface area (Å²) in [4.78, 5) is 0. The van der Waals surface area contributed by atoms with Crippen LogP contribution < -0.4 is 5.32 Å². The maximum absolute atomic E-state index is 9.32. The molecule has 0 aliphatic heterocycles. The number of hydrogen-bond donors (Lipinski definition) is 2. The molecule has 0 aromatic heterocycles. The van der Waals surface area contributed by atoms with Crippen LogP contribution in [-0.2, 0) is 0 Å². The molecule has 0 saturated heterocycles. The molecule has 18 heavy (non-hydrogen) atoms. The first-order valence-corrected chi connectivity index (χ1v) is 7.03. The quantitative estimate of drug-likeness (QED) is 0.838. The maximum Gasteiger partial charge on any atom is 0.0587 e. The second kappa shape index (κ2) is 5.85. The van der Waals surface area contributed by atoms with Gasteiger partial charge in [-0.2, -0.15) is 0 Å². The summed E-state index contributed by atoms with van der Waals surface area (Å²) in [5.74, 6) is 1.20. The number of aryl methyl sites for hydroxylation is 1. The zero-order valence-corrected chi connectivity index (χ0v) is 11.7. The smallest absolute Gasteiger partial charge is 0.0587 e. The number of aliphatic hydroxyl groups is 1. The summed E-state index contributed by atoms with van der Waals surface area (Å²) in [6, 6.07) is 9.72. The van der Waals surface area contributed by atoms with Gasteiger partial charge in [0.15, 0.2) is 0 Å². The minimum absolute atomic E-state index is 0.239. The van der Waals surface area contributed by atoms with Crippen molar-refractivity contribution in [2.75, 3.05) is 6.61 Å². The van der Waals surface area contributed by atoms with E-state index in [4.69, 9.17) is 0 Å². The summed E-state index contributed by atoms with van der Waals surface area (Å²) in [5, 5.41) is 12.9. The minimum Gasteiger partial charge on any atom is -0.395 e. The third-order valence-electron chi connectivity index (χ3n) is 4.14. The Morgan fingerprint density at radius 1 is 1.22 bits per heavy atom. The molecular weight excluding hydrogens is 222 g/mol. The fraction of sp³-hybridized carbons (Fsp3) is 0.625. The molecule has 1 atom stereocenters. The molecule has 2 nitrogen and oxygen atoms in total. The second-order valence-electron chi connectivity index (χ2n) is 5.98. The third kappa shape index (κ3) is 3.12. The molecule has 2 heteroatoms. The van der Waals surface area contributed by atoms with Gasteiger partial charge < -0.3 is 10.4 Å². The predicted octanol–water partition coefficient (Wildman–Crippen LogP) is 2.85. The molecule has 1 aliphatic carbocycles. The lowest BCUT2D eigenvalue weighted by Gasteiger charge is -2.39. The highest BCUT2D eigenvalue weighted by Gasteiger charge is 2.31. The topological polar surface area (TPSA) is 32.3 Å². The standard InChI is InChI=1S/C16H25NO/c1-11(2)16(10-18)17-15-8-14(9-15)13-6-4-12(3)5-7-13/h4-7,11,14-18H,8-10H2,1-3H3. The van der Waals surface area contributed by atoms with Crippen LogP contribution in [0.3, 0.4) is 0 Å². The lowest BCUT2D eigenvalue weighted by molar-refractivity contribution is 0.169. The fourth-order valence-corrected chi connectivity index (χ4v) is 2.62. The molecule has 0 amide bonds. The van der Waals surface area contributed by atoms with Gasteiger partial charge in [0, 0.05) is 12.1 Å². The molecule has 100 valence electrons. The molecule has 0 spiro atoms. The van der Waals surface area contributed by atoms with Crippen LogP contribution in [-0.4, -0.2) is 23.8 Å². The highest BCUT2D eigenvalue weighted by Crippen LogP contribution is 2.37. The Balaban J connectivity index is 1.81. The Morgan fingerprint density at radius 3 is 2.33 bits per heavy atom. The predicted molar refractivity (Wildman–Crippen MR) is 75.8 cm³/mol. The van der Waals surface area contributed by atoms with Gasteiger partial charge in [0.1, 0.15) is 0 Å². The first kappa shape index (κ1) is 13.6. The fourth-order valence-electron chi connectivity index (χ4n) is 2.62. The highest BCUT2D eigenvalue weighted by molar-refractivity contribution is 5.26. The van der Waals surface area contributed by atoms with Crippen molar-refractivity contribution in [2.45, 2.75) is 51.6 Å². The Hall–Kier alpha value is -0.860. The zero-order valence-electron chi connectivity index (χ0n) is 11.7. The monoisotopic (exact) mass is 247 g/mol. The molecule has 0 radical (unpaired) electrons. The van der Waals surface area contributed by atoms with Crippen molar-refractivity contribution < 1.29 is 5.11 Å². The van der Waals surface area contributed by atoms with Gasteiger partial charge in [0.25, 0.3) is 0 Å². The van der Waals surface area contributed by atoms with Crippen LogP contribution in [0, 0.1) is 12.8 Å². The summed E-state index contributed by atoms with van der Waals surface area (Å²) in [5.41, 5.74) is 2.79. The van der Waals surface area contributed by atoms with Gasteiger partial charge in [-0.25, -0.2) is 0 Å². The molecule has 1 aliphatic rings. The largest absolute Gasteiger partial charge is 0.395 e. The maximum atomic E-state index is 9.32. The van der Waals surface area contributed by atoms with Crippen LogP contribution in [0.15, 0.2) is 24.3 Å². The Labute approximate surface area is 110 Å². The first-order valence-electron chi connectivity index (χ1n) is 7.03. The zero-order chi connectivity index (χ0) is 13.1. The van der Waals surface area contributed by atoms with Crippen molar-refractivity contribution in [3.63, 3.8) is 0 Å². The van der Waals surface area contributed by atoms with Crippen molar-refractivity contribution in [2.24, 2.45) is 5.92 Å². The van der Waals surface area contributed by atoms with Crippen LogP contribution in [0.5, 0.6) is 0 Å². The summed E-state index contributed by atoms with van der Waals surface area (Å²) >= 11 is 0. The van der Waals surface area contributed by atoms with Crippen molar-refractivity contribution >= 4 is 0 Å². The van der Waals surface area contributed by atoms with E-state index in [1.54, 1.807) is 0 Å². The van der Waals surface area contributed by atoms with Gasteiger partial charge in [-0.15, -0.1) is 0 Å². The number of benzene rings is 1. The van der Waals surface area contributed by atoms with Gasteiger partial charge in [0.05, 0.1) is 6.61 Å². The summed E-state index contributed by atoms with van der Waals surface area (Å²) < 4.78 is 0. The number of aliphatic hydroxyl groups excluding tert-OH is 1. The normalized spacial score (nSPS) is 24.9. The molecule has 1 aromatic carbocycles. The van der Waals surface area contributed by atoms with Crippen LogP contribution in [0.25, 0.3) is 0 Å². The number of nitrogens with one attached hydrogen (secondary N) is 1. The Bertz CT molecular complexity index is 365. The lowest BCUT2D eigenvalue weighted by atomic mass is 9.75. The van der Waals surface area contributed by atoms with E-state index in [9.17, 15) is 5.11 Å². The van der Waals surface area contributed by atoms with E-state index in [1.807, 2.05) is 0 Å². The molecule has 1 saturated carbocycles. The van der Waals surface area contributed by atoms with E-state index < -0.39 is 0 Å². The van der Waals surface area contributed by atoms with Crippen molar-refractivity contribution in [1.29, 1.82) is 0 Å². The SMILES string of the molecule is Cc1ccc(C2CC(NC(CO)C(C)C)C2)cc1. The van der Waals surface area contributed by atoms with Gasteiger partial charge in [-0.1, -0.05) is 43.7 Å². The summed E-state index contributed by atoms with van der Waals surface area (Å²) in [6.45, 7) is 6.68. The van der Waals surface area contributed by atoms with Gasteiger partial charge in [-0.3, -0.25) is 0 Å². The average Bonchev–Trinajstić information content (AvgIpc) is 2.29. The van der Waals surface area contributed by atoms with Gasteiger partial charge in [0.2, 0.25) is 0 Å². The van der Waals surface area contributed by atoms with Crippen molar-refractivity contribution in [3.05, 3.63) is 35.4 Å². The highest BCUT2D eigenvalue weighted by atomic mass is 16.3. The second-order valence-corrected chi connectivity index (χ2v) is 5.98. The minimum atomic E-state index is 0.239. The number of hydrogen-bond acceptors (Lipinski definition) is 2. The van der Waals surface area contributed by atoms with Gasteiger partial charge >= 0.3 is 0 Å².